The molecule has 144 valence electrons. The Morgan fingerprint density at radius 2 is 1.96 bits per heavy atom. The summed E-state index contributed by atoms with van der Waals surface area (Å²) in [6.07, 6.45) is 9.26. The lowest BCUT2D eigenvalue weighted by Crippen LogP contribution is -2.50. The van der Waals surface area contributed by atoms with Crippen molar-refractivity contribution in [1.29, 1.82) is 0 Å². The van der Waals surface area contributed by atoms with Crippen molar-refractivity contribution < 1.29 is 4.79 Å². The molecule has 1 aromatic heterocycles. The minimum atomic E-state index is -0.0791. The van der Waals surface area contributed by atoms with E-state index in [2.05, 4.69) is 44.5 Å². The number of likely N-dealkylation sites (N-methyl/N-ethyl adjacent to an activating group) is 1. The zero-order valence-corrected chi connectivity index (χ0v) is 16.0. The van der Waals surface area contributed by atoms with Gasteiger partial charge in [-0.05, 0) is 50.4 Å². The van der Waals surface area contributed by atoms with Crippen LogP contribution in [-0.4, -0.2) is 54.7 Å². The third-order valence-electron chi connectivity index (χ3n) is 5.48. The topological polar surface area (TPSA) is 60.5 Å². The van der Waals surface area contributed by atoms with Crippen LogP contribution in [0.5, 0.6) is 0 Å². The number of amides is 2. The average Bonchev–Trinajstić information content (AvgIpc) is 2.96. The normalized spacial score (nSPS) is 21.9. The molecule has 0 saturated carbocycles. The highest BCUT2D eigenvalue weighted by Gasteiger charge is 2.20. The monoisotopic (exact) mass is 359 g/mol. The molecule has 2 aliphatic heterocycles. The van der Waals surface area contributed by atoms with Crippen molar-refractivity contribution >= 4 is 11.8 Å². The molecule has 2 aliphatic rings. The molecule has 2 fully saturated rings. The second-order valence-corrected chi connectivity index (χ2v) is 7.49. The number of urea groups is 1. The fourth-order valence-corrected chi connectivity index (χ4v) is 3.89. The van der Waals surface area contributed by atoms with E-state index in [0.29, 0.717) is 6.54 Å². The molecule has 0 aliphatic carbocycles. The molecular weight excluding hydrogens is 326 g/mol. The van der Waals surface area contributed by atoms with E-state index in [1.165, 1.54) is 25.7 Å². The number of anilines is 1. The van der Waals surface area contributed by atoms with Gasteiger partial charge in [-0.3, -0.25) is 0 Å². The van der Waals surface area contributed by atoms with Crippen LogP contribution in [0.15, 0.2) is 18.3 Å². The van der Waals surface area contributed by atoms with Crippen LogP contribution in [-0.2, 0) is 6.54 Å². The highest BCUT2D eigenvalue weighted by atomic mass is 16.2. The number of nitrogens with zero attached hydrogens (tertiary/aromatic N) is 3. The van der Waals surface area contributed by atoms with Crippen molar-refractivity contribution in [3.05, 3.63) is 23.9 Å². The molecule has 1 atom stereocenters. The number of carbonyl (C=O) groups is 1. The van der Waals surface area contributed by atoms with Crippen LogP contribution in [0, 0.1) is 0 Å². The number of rotatable bonds is 5. The van der Waals surface area contributed by atoms with Gasteiger partial charge in [0.2, 0.25) is 0 Å². The van der Waals surface area contributed by atoms with Crippen molar-refractivity contribution in [2.24, 2.45) is 0 Å². The van der Waals surface area contributed by atoms with E-state index in [9.17, 15) is 4.79 Å². The van der Waals surface area contributed by atoms with E-state index in [0.717, 1.165) is 56.9 Å². The first-order valence-electron chi connectivity index (χ1n) is 10.2. The third kappa shape index (κ3) is 5.59. The minimum absolute atomic E-state index is 0.0791. The summed E-state index contributed by atoms with van der Waals surface area (Å²) < 4.78 is 0. The molecule has 0 bridgehead atoms. The SMILES string of the molecule is CCN1CCCC(NC(=O)NCc2ccc(N3CCCCCC3)nc2)C1. The summed E-state index contributed by atoms with van der Waals surface area (Å²) in [6, 6.07) is 4.34. The molecule has 6 nitrogen and oxygen atoms in total. The van der Waals surface area contributed by atoms with Gasteiger partial charge in [0.1, 0.15) is 5.82 Å². The van der Waals surface area contributed by atoms with Crippen LogP contribution in [0.3, 0.4) is 0 Å². The molecule has 1 unspecified atom stereocenters. The summed E-state index contributed by atoms with van der Waals surface area (Å²) in [7, 11) is 0. The zero-order valence-electron chi connectivity index (χ0n) is 16.0. The number of nitrogens with one attached hydrogen (secondary N) is 2. The first-order chi connectivity index (χ1) is 12.7. The van der Waals surface area contributed by atoms with E-state index < -0.39 is 0 Å². The van der Waals surface area contributed by atoms with E-state index in [4.69, 9.17) is 0 Å². The van der Waals surface area contributed by atoms with Gasteiger partial charge in [-0.25, -0.2) is 9.78 Å². The Labute approximate surface area is 157 Å². The molecule has 2 saturated heterocycles. The average molecular weight is 360 g/mol. The van der Waals surface area contributed by atoms with Crippen molar-refractivity contribution in [1.82, 2.24) is 20.5 Å². The van der Waals surface area contributed by atoms with Crippen molar-refractivity contribution in [3.63, 3.8) is 0 Å². The lowest BCUT2D eigenvalue weighted by Gasteiger charge is -2.32. The van der Waals surface area contributed by atoms with E-state index in [-0.39, 0.29) is 12.1 Å². The second-order valence-electron chi connectivity index (χ2n) is 7.49. The van der Waals surface area contributed by atoms with Gasteiger partial charge in [-0.1, -0.05) is 25.8 Å². The lowest BCUT2D eigenvalue weighted by molar-refractivity contribution is 0.192. The number of aromatic nitrogens is 1. The van der Waals surface area contributed by atoms with E-state index >= 15 is 0 Å². The van der Waals surface area contributed by atoms with E-state index in [1.54, 1.807) is 0 Å². The zero-order chi connectivity index (χ0) is 18.2. The maximum Gasteiger partial charge on any atom is 0.315 e. The molecule has 0 aromatic carbocycles. The number of pyridine rings is 1. The maximum absolute atomic E-state index is 12.2. The Hall–Kier alpha value is -1.82. The Kier molecular flexibility index (Phi) is 7.12. The molecule has 2 N–H and O–H groups in total. The third-order valence-corrected chi connectivity index (χ3v) is 5.48. The largest absolute Gasteiger partial charge is 0.357 e. The van der Waals surface area contributed by atoms with Gasteiger partial charge >= 0.3 is 6.03 Å². The van der Waals surface area contributed by atoms with Crippen molar-refractivity contribution in [3.8, 4) is 0 Å². The fourth-order valence-electron chi connectivity index (χ4n) is 3.89. The van der Waals surface area contributed by atoms with Gasteiger partial charge in [0.25, 0.3) is 0 Å². The lowest BCUT2D eigenvalue weighted by atomic mass is 10.1. The minimum Gasteiger partial charge on any atom is -0.357 e. The molecule has 1 aromatic rings. The van der Waals surface area contributed by atoms with Crippen LogP contribution in [0.4, 0.5) is 10.6 Å². The van der Waals surface area contributed by atoms with Crippen LogP contribution in [0.25, 0.3) is 0 Å². The molecule has 6 heteroatoms. The second kappa shape index (κ2) is 9.76. The summed E-state index contributed by atoms with van der Waals surface area (Å²) in [5.74, 6) is 1.06. The summed E-state index contributed by atoms with van der Waals surface area (Å²) in [5, 5.41) is 6.07. The molecule has 3 rings (SSSR count). The smallest absolute Gasteiger partial charge is 0.315 e. The summed E-state index contributed by atoms with van der Waals surface area (Å²) in [6.45, 7) is 8.04. The van der Waals surface area contributed by atoms with Crippen LogP contribution in [0.2, 0.25) is 0 Å². The summed E-state index contributed by atoms with van der Waals surface area (Å²) in [4.78, 5) is 21.5. The van der Waals surface area contributed by atoms with Crippen LogP contribution >= 0.6 is 0 Å². The van der Waals surface area contributed by atoms with Gasteiger partial charge in [0.15, 0.2) is 0 Å². The van der Waals surface area contributed by atoms with Gasteiger partial charge in [-0.15, -0.1) is 0 Å². The predicted molar refractivity (Wildman–Crippen MR) is 105 cm³/mol. The molecular formula is C20H33N5O. The number of carbonyl (C=O) groups excluding carboxylic acids is 1. The van der Waals surface area contributed by atoms with Crippen LogP contribution < -0.4 is 15.5 Å². The molecule has 0 radical (unpaired) electrons. The number of piperidine rings is 1. The Balaban J connectivity index is 1.43. The van der Waals surface area contributed by atoms with Gasteiger partial charge in [0.05, 0.1) is 0 Å². The molecule has 3 heterocycles. The predicted octanol–water partition coefficient (Wildman–Crippen LogP) is 2.75. The molecule has 26 heavy (non-hydrogen) atoms. The Morgan fingerprint density at radius 1 is 1.15 bits per heavy atom. The van der Waals surface area contributed by atoms with E-state index in [1.807, 2.05) is 6.20 Å². The molecule has 2 amide bonds. The van der Waals surface area contributed by atoms with Gasteiger partial charge in [0, 0.05) is 38.4 Å². The van der Waals surface area contributed by atoms with Gasteiger partial charge in [-0.2, -0.15) is 0 Å². The van der Waals surface area contributed by atoms with Gasteiger partial charge < -0.3 is 20.4 Å². The Morgan fingerprint density at radius 3 is 2.65 bits per heavy atom. The number of hydrogen-bond donors (Lipinski definition) is 2. The quantitative estimate of drug-likeness (QED) is 0.849. The first-order valence-corrected chi connectivity index (χ1v) is 10.2. The molecule has 0 spiro atoms. The Bertz CT molecular complexity index is 554. The highest BCUT2D eigenvalue weighted by molar-refractivity contribution is 5.74. The fraction of sp³-hybridized carbons (Fsp3) is 0.700. The van der Waals surface area contributed by atoms with Crippen molar-refractivity contribution in [2.45, 2.75) is 58.0 Å². The summed E-state index contributed by atoms with van der Waals surface area (Å²) in [5.41, 5.74) is 1.04. The number of hydrogen-bond acceptors (Lipinski definition) is 4. The standard InChI is InChI=1S/C20H33N5O/c1-2-24-11-7-8-18(16-24)23-20(26)22-15-17-9-10-19(21-14-17)25-12-5-3-4-6-13-25/h9-10,14,18H,2-8,11-13,15-16H2,1H3,(H2,22,23,26). The maximum atomic E-state index is 12.2. The summed E-state index contributed by atoms with van der Waals surface area (Å²) >= 11 is 0. The number of likely N-dealkylation sites (tertiary alicyclic amines) is 1. The highest BCUT2D eigenvalue weighted by Crippen LogP contribution is 2.17. The first kappa shape index (κ1) is 19.0. The van der Waals surface area contributed by atoms with Crippen molar-refractivity contribution in [2.75, 3.05) is 37.6 Å². The van der Waals surface area contributed by atoms with Crippen LogP contribution in [0.1, 0.15) is 51.0 Å².